The Morgan fingerprint density at radius 2 is 2.00 bits per heavy atom. The lowest BCUT2D eigenvalue weighted by Crippen LogP contribution is -2.00. The normalized spacial score (nSPS) is 12.0. The fraction of sp³-hybridized carbons (Fsp3) is 0.500. The maximum Gasteiger partial charge on any atom is 0.425 e. The number of rotatable bonds is 3. The second-order valence-corrected chi connectivity index (χ2v) is 4.21. The molecule has 0 unspecified atom stereocenters. The van der Waals surface area contributed by atoms with Crippen LogP contribution in [-0.2, 0) is 12.6 Å². The van der Waals surface area contributed by atoms with Crippen LogP contribution in [0.15, 0.2) is 12.1 Å². The topological polar surface area (TPSA) is 0 Å². The summed E-state index contributed by atoms with van der Waals surface area (Å²) in [6.07, 6.45) is -2.69. The molecule has 5 heteroatoms. The molecule has 0 aliphatic heterocycles. The predicted molar refractivity (Wildman–Crippen MR) is 51.5 cm³/mol. The van der Waals surface area contributed by atoms with Crippen LogP contribution in [0.3, 0.4) is 0 Å². The van der Waals surface area contributed by atoms with Crippen LogP contribution < -0.4 is 0 Å². The summed E-state index contributed by atoms with van der Waals surface area (Å²) in [6.45, 7) is 0. The van der Waals surface area contributed by atoms with E-state index < -0.39 is 11.1 Å². The first-order valence-corrected chi connectivity index (χ1v) is 5.25. The minimum atomic E-state index is -4.19. The van der Waals surface area contributed by atoms with E-state index in [1.165, 1.54) is 6.07 Å². The largest absolute Gasteiger partial charge is 0.425 e. The van der Waals surface area contributed by atoms with Crippen molar-refractivity contribution < 1.29 is 13.2 Å². The molecule has 13 heavy (non-hydrogen) atoms. The van der Waals surface area contributed by atoms with E-state index in [2.05, 4.69) is 12.6 Å². The maximum atomic E-state index is 12.1. The van der Waals surface area contributed by atoms with Gasteiger partial charge in [-0.2, -0.15) is 25.8 Å². The van der Waals surface area contributed by atoms with Crippen molar-refractivity contribution in [2.75, 3.05) is 5.75 Å². The predicted octanol–water partition coefficient (Wildman–Crippen LogP) is 3.63. The van der Waals surface area contributed by atoms with Crippen LogP contribution in [0.25, 0.3) is 0 Å². The van der Waals surface area contributed by atoms with Gasteiger partial charge in [-0.3, -0.25) is 0 Å². The summed E-state index contributed by atoms with van der Waals surface area (Å²) >= 11 is 4.82. The average Bonchev–Trinajstić information content (AvgIpc) is 2.47. The van der Waals surface area contributed by atoms with Crippen molar-refractivity contribution in [3.05, 3.63) is 21.9 Å². The summed E-state index contributed by atoms with van der Waals surface area (Å²) in [5.74, 6) is 0.708. The zero-order valence-corrected chi connectivity index (χ0v) is 8.48. The Morgan fingerprint density at radius 3 is 2.46 bits per heavy atom. The summed E-state index contributed by atoms with van der Waals surface area (Å²) in [7, 11) is 0. The fourth-order valence-corrected chi connectivity index (χ4v) is 1.99. The quantitative estimate of drug-likeness (QED) is 0.747. The molecule has 0 atom stereocenters. The summed E-state index contributed by atoms with van der Waals surface area (Å²) < 4.78 is 36.4. The van der Waals surface area contributed by atoms with E-state index >= 15 is 0 Å². The molecule has 74 valence electrons. The van der Waals surface area contributed by atoms with E-state index in [1.807, 2.05) is 0 Å². The van der Waals surface area contributed by atoms with Crippen molar-refractivity contribution in [3.63, 3.8) is 0 Å². The Hall–Kier alpha value is -0.160. The van der Waals surface area contributed by atoms with Crippen LogP contribution in [-0.4, -0.2) is 5.75 Å². The fourth-order valence-electron chi connectivity index (χ4n) is 0.918. The SMILES string of the molecule is FC(F)(F)c1ccc(CCCS)s1. The molecule has 0 aromatic carbocycles. The summed E-state index contributed by atoms with van der Waals surface area (Å²) in [4.78, 5) is 0.267. The van der Waals surface area contributed by atoms with E-state index in [0.717, 1.165) is 28.7 Å². The number of alkyl halides is 3. The van der Waals surface area contributed by atoms with Gasteiger partial charge in [0.1, 0.15) is 4.88 Å². The molecule has 0 spiro atoms. The van der Waals surface area contributed by atoms with Crippen molar-refractivity contribution in [3.8, 4) is 0 Å². The number of hydrogen-bond acceptors (Lipinski definition) is 2. The second kappa shape index (κ2) is 4.37. The first-order valence-electron chi connectivity index (χ1n) is 3.81. The van der Waals surface area contributed by atoms with Gasteiger partial charge < -0.3 is 0 Å². The van der Waals surface area contributed by atoms with Gasteiger partial charge in [-0.15, -0.1) is 11.3 Å². The Labute approximate surface area is 84.2 Å². The highest BCUT2D eigenvalue weighted by Gasteiger charge is 2.32. The van der Waals surface area contributed by atoms with Gasteiger partial charge in [0.05, 0.1) is 0 Å². The summed E-state index contributed by atoms with van der Waals surface area (Å²) in [6, 6.07) is 2.68. The number of aryl methyl sites for hydroxylation is 1. The maximum absolute atomic E-state index is 12.1. The molecular weight excluding hydrogens is 217 g/mol. The van der Waals surface area contributed by atoms with Gasteiger partial charge in [-0.25, -0.2) is 0 Å². The van der Waals surface area contributed by atoms with Gasteiger partial charge >= 0.3 is 6.18 Å². The molecule has 1 heterocycles. The molecule has 0 aliphatic rings. The highest BCUT2D eigenvalue weighted by atomic mass is 32.1. The molecular formula is C8H9F3S2. The minimum absolute atomic E-state index is 0.512. The monoisotopic (exact) mass is 226 g/mol. The van der Waals surface area contributed by atoms with Crippen LogP contribution in [0.1, 0.15) is 16.2 Å². The van der Waals surface area contributed by atoms with Gasteiger partial charge in [0.15, 0.2) is 0 Å². The third kappa shape index (κ3) is 3.23. The Bertz CT molecular complexity index is 265. The lowest BCUT2D eigenvalue weighted by molar-refractivity contribution is -0.134. The molecule has 1 aromatic rings. The Balaban J connectivity index is 2.64. The molecule has 0 nitrogen and oxygen atoms in total. The average molecular weight is 226 g/mol. The first-order chi connectivity index (χ1) is 6.04. The number of hydrogen-bond donors (Lipinski definition) is 1. The minimum Gasteiger partial charge on any atom is -0.179 e. The van der Waals surface area contributed by atoms with Crippen molar-refractivity contribution in [2.45, 2.75) is 19.0 Å². The molecule has 0 radical (unpaired) electrons. The van der Waals surface area contributed by atoms with Crippen LogP contribution in [0.2, 0.25) is 0 Å². The molecule has 0 fully saturated rings. The van der Waals surface area contributed by atoms with Crippen LogP contribution >= 0.6 is 24.0 Å². The molecule has 1 aromatic heterocycles. The van der Waals surface area contributed by atoms with E-state index in [-0.39, 0.29) is 0 Å². The van der Waals surface area contributed by atoms with Gasteiger partial charge in [0, 0.05) is 4.88 Å². The lowest BCUT2D eigenvalue weighted by atomic mass is 10.3. The molecule has 0 amide bonds. The standard InChI is InChI=1S/C8H9F3S2/c9-8(10,11)7-4-3-6(13-7)2-1-5-12/h3-4,12H,1-2,5H2. The smallest absolute Gasteiger partial charge is 0.179 e. The van der Waals surface area contributed by atoms with E-state index in [4.69, 9.17) is 0 Å². The number of thiophene rings is 1. The third-order valence-electron chi connectivity index (χ3n) is 1.52. The van der Waals surface area contributed by atoms with Crippen molar-refractivity contribution >= 4 is 24.0 Å². The van der Waals surface area contributed by atoms with Crippen molar-refractivity contribution in [1.82, 2.24) is 0 Å². The van der Waals surface area contributed by atoms with Crippen molar-refractivity contribution in [2.24, 2.45) is 0 Å². The van der Waals surface area contributed by atoms with Gasteiger partial charge in [-0.1, -0.05) is 0 Å². The van der Waals surface area contributed by atoms with Crippen LogP contribution in [0, 0.1) is 0 Å². The highest BCUT2D eigenvalue weighted by Crippen LogP contribution is 2.34. The van der Waals surface area contributed by atoms with Gasteiger partial charge in [-0.05, 0) is 30.7 Å². The molecule has 0 N–H and O–H groups in total. The Kier molecular flexibility index (Phi) is 3.67. The van der Waals surface area contributed by atoms with Gasteiger partial charge in [0.25, 0.3) is 0 Å². The zero-order chi connectivity index (χ0) is 9.90. The number of thiol groups is 1. The van der Waals surface area contributed by atoms with Crippen molar-refractivity contribution in [1.29, 1.82) is 0 Å². The zero-order valence-electron chi connectivity index (χ0n) is 6.77. The van der Waals surface area contributed by atoms with E-state index in [9.17, 15) is 13.2 Å². The van der Waals surface area contributed by atoms with E-state index in [0.29, 0.717) is 12.2 Å². The van der Waals surface area contributed by atoms with Gasteiger partial charge in [0.2, 0.25) is 0 Å². The summed E-state index contributed by atoms with van der Waals surface area (Å²) in [5.41, 5.74) is 0. The third-order valence-corrected chi connectivity index (χ3v) is 3.03. The Morgan fingerprint density at radius 1 is 1.31 bits per heavy atom. The molecule has 0 aliphatic carbocycles. The molecule has 0 saturated heterocycles. The first kappa shape index (κ1) is 10.9. The van der Waals surface area contributed by atoms with Crippen LogP contribution in [0.5, 0.6) is 0 Å². The number of halogens is 3. The second-order valence-electron chi connectivity index (χ2n) is 2.59. The van der Waals surface area contributed by atoms with E-state index in [1.54, 1.807) is 0 Å². The molecule has 1 rings (SSSR count). The summed E-state index contributed by atoms with van der Waals surface area (Å²) in [5, 5.41) is 0. The molecule has 0 saturated carbocycles. The van der Waals surface area contributed by atoms with Crippen LogP contribution in [0.4, 0.5) is 13.2 Å². The highest BCUT2D eigenvalue weighted by molar-refractivity contribution is 7.80. The molecule has 0 bridgehead atoms. The lowest BCUT2D eigenvalue weighted by Gasteiger charge is -2.00.